The van der Waals surface area contributed by atoms with Crippen molar-refractivity contribution in [2.45, 2.75) is 25.8 Å². The molecule has 0 radical (unpaired) electrons. The number of benzene rings is 1. The molecule has 33 heavy (non-hydrogen) atoms. The van der Waals surface area contributed by atoms with Crippen molar-refractivity contribution in [3.63, 3.8) is 0 Å². The molecule has 0 aliphatic carbocycles. The maximum absolute atomic E-state index is 5.72. The number of pyridine rings is 2. The molecule has 0 spiro atoms. The van der Waals surface area contributed by atoms with Crippen LogP contribution in [0.25, 0.3) is 33.2 Å². The largest absolute Gasteiger partial charge is 0.381 e. The number of hydrogen-bond donors (Lipinski definition) is 0. The van der Waals surface area contributed by atoms with Gasteiger partial charge < -0.3 is 9.30 Å². The molecule has 1 atom stereocenters. The molecular weight excluding hydrogens is 412 g/mol. The normalized spacial score (nSPS) is 15.9. The Bertz CT molecular complexity index is 1410. The molecular formula is C26H26N6O. The molecule has 0 N–H and O–H groups in total. The van der Waals surface area contributed by atoms with E-state index in [1.165, 1.54) is 5.56 Å². The van der Waals surface area contributed by atoms with Gasteiger partial charge in [-0.3, -0.25) is 9.97 Å². The number of aromatic nitrogens is 6. The van der Waals surface area contributed by atoms with E-state index in [1.54, 1.807) is 0 Å². The van der Waals surface area contributed by atoms with Crippen molar-refractivity contribution in [1.82, 2.24) is 29.5 Å². The summed E-state index contributed by atoms with van der Waals surface area (Å²) < 4.78 is 10.00. The standard InChI is InChI=1S/C26H26N6O/c1-17-25(31(2)30-29-17)20-14-22-24(28-15-20)21-8-11-27-16-23(21)32(22)26(18-6-4-3-5-7-18)19-9-12-33-13-10-19/h3-8,11,14-16,19,26H,9-10,12-13H2,1-2H3/t26-/m1/s1. The average Bonchev–Trinajstić information content (AvgIpc) is 3.37. The van der Waals surface area contributed by atoms with E-state index in [1.807, 2.05) is 37.2 Å². The number of fused-ring (bicyclic) bond motifs is 3. The highest BCUT2D eigenvalue weighted by molar-refractivity contribution is 6.06. The highest BCUT2D eigenvalue weighted by Crippen LogP contribution is 2.40. The minimum absolute atomic E-state index is 0.169. The van der Waals surface area contributed by atoms with Gasteiger partial charge >= 0.3 is 0 Å². The molecule has 1 fully saturated rings. The molecule has 5 heterocycles. The first-order valence-corrected chi connectivity index (χ1v) is 11.5. The summed E-state index contributed by atoms with van der Waals surface area (Å²) in [6.45, 7) is 3.58. The lowest BCUT2D eigenvalue weighted by atomic mass is 9.86. The van der Waals surface area contributed by atoms with Crippen LogP contribution in [0.5, 0.6) is 0 Å². The summed E-state index contributed by atoms with van der Waals surface area (Å²) >= 11 is 0. The van der Waals surface area contributed by atoms with Crippen LogP contribution in [-0.4, -0.2) is 42.7 Å². The first-order valence-electron chi connectivity index (χ1n) is 11.5. The van der Waals surface area contributed by atoms with E-state index < -0.39 is 0 Å². The third-order valence-corrected chi connectivity index (χ3v) is 6.84. The second-order valence-electron chi connectivity index (χ2n) is 8.81. The summed E-state index contributed by atoms with van der Waals surface area (Å²) in [5.41, 5.74) is 7.42. The topological polar surface area (TPSA) is 70.7 Å². The van der Waals surface area contributed by atoms with Crippen molar-refractivity contribution in [1.29, 1.82) is 0 Å². The van der Waals surface area contributed by atoms with Crippen LogP contribution in [0, 0.1) is 12.8 Å². The predicted octanol–water partition coefficient (Wildman–Crippen LogP) is 4.70. The van der Waals surface area contributed by atoms with Gasteiger partial charge in [-0.25, -0.2) is 4.68 Å². The maximum Gasteiger partial charge on any atom is 0.0961 e. The van der Waals surface area contributed by atoms with Gasteiger partial charge in [0.1, 0.15) is 0 Å². The Labute approximate surface area is 192 Å². The monoisotopic (exact) mass is 438 g/mol. The van der Waals surface area contributed by atoms with E-state index in [-0.39, 0.29) is 6.04 Å². The van der Waals surface area contributed by atoms with Gasteiger partial charge in [-0.2, -0.15) is 0 Å². The first-order chi connectivity index (χ1) is 16.2. The second-order valence-corrected chi connectivity index (χ2v) is 8.81. The van der Waals surface area contributed by atoms with Crippen LogP contribution >= 0.6 is 0 Å². The molecule has 7 heteroatoms. The molecule has 0 amide bonds. The zero-order valence-electron chi connectivity index (χ0n) is 18.8. The number of ether oxygens (including phenoxy) is 1. The van der Waals surface area contributed by atoms with E-state index in [2.05, 4.69) is 62.3 Å². The molecule has 0 saturated carbocycles. The smallest absolute Gasteiger partial charge is 0.0961 e. The molecule has 0 bridgehead atoms. The van der Waals surface area contributed by atoms with Gasteiger partial charge in [0.25, 0.3) is 0 Å². The predicted molar refractivity (Wildman–Crippen MR) is 128 cm³/mol. The Kier molecular flexibility index (Phi) is 4.91. The minimum atomic E-state index is 0.169. The van der Waals surface area contributed by atoms with Crippen LogP contribution < -0.4 is 0 Å². The van der Waals surface area contributed by atoms with Crippen molar-refractivity contribution in [3.05, 3.63) is 72.3 Å². The lowest BCUT2D eigenvalue weighted by Crippen LogP contribution is -2.26. The van der Waals surface area contributed by atoms with Gasteiger partial charge in [-0.1, -0.05) is 35.5 Å². The highest BCUT2D eigenvalue weighted by atomic mass is 16.5. The van der Waals surface area contributed by atoms with Gasteiger partial charge in [-0.05, 0) is 43.4 Å². The molecule has 1 aliphatic heterocycles. The summed E-state index contributed by atoms with van der Waals surface area (Å²) in [7, 11) is 1.92. The Morgan fingerprint density at radius 3 is 2.61 bits per heavy atom. The fourth-order valence-corrected chi connectivity index (χ4v) is 5.35. The first kappa shape index (κ1) is 20.1. The zero-order chi connectivity index (χ0) is 22.4. The summed E-state index contributed by atoms with van der Waals surface area (Å²) in [6.07, 6.45) is 7.81. The second kappa shape index (κ2) is 8.08. The minimum Gasteiger partial charge on any atom is -0.381 e. The summed E-state index contributed by atoms with van der Waals surface area (Å²) in [6, 6.07) is 15.3. The quantitative estimate of drug-likeness (QED) is 0.407. The van der Waals surface area contributed by atoms with Crippen molar-refractivity contribution in [3.8, 4) is 11.3 Å². The van der Waals surface area contributed by atoms with Gasteiger partial charge in [0.15, 0.2) is 0 Å². The van der Waals surface area contributed by atoms with E-state index in [0.717, 1.165) is 64.9 Å². The van der Waals surface area contributed by atoms with E-state index in [0.29, 0.717) is 5.92 Å². The van der Waals surface area contributed by atoms with Crippen LogP contribution in [-0.2, 0) is 11.8 Å². The van der Waals surface area contributed by atoms with Crippen molar-refractivity contribution in [2.24, 2.45) is 13.0 Å². The Morgan fingerprint density at radius 1 is 1.03 bits per heavy atom. The molecule has 166 valence electrons. The fraction of sp³-hybridized carbons (Fsp3) is 0.308. The van der Waals surface area contributed by atoms with Crippen molar-refractivity contribution >= 4 is 21.9 Å². The molecule has 1 aromatic carbocycles. The van der Waals surface area contributed by atoms with Crippen LogP contribution in [0.2, 0.25) is 0 Å². The van der Waals surface area contributed by atoms with E-state index in [9.17, 15) is 0 Å². The Hall–Kier alpha value is -3.58. The fourth-order valence-electron chi connectivity index (χ4n) is 5.35. The van der Waals surface area contributed by atoms with Crippen molar-refractivity contribution in [2.75, 3.05) is 13.2 Å². The van der Waals surface area contributed by atoms with Crippen LogP contribution in [0.4, 0.5) is 0 Å². The molecule has 0 unspecified atom stereocenters. The SMILES string of the molecule is Cc1nnn(C)c1-c1cnc2c3ccncc3n([C@H](c3ccccc3)C3CCOCC3)c2c1. The number of hydrogen-bond acceptors (Lipinski definition) is 5. The molecule has 6 rings (SSSR count). The molecule has 5 aromatic rings. The van der Waals surface area contributed by atoms with Gasteiger partial charge in [0.05, 0.1) is 40.2 Å². The van der Waals surface area contributed by atoms with Crippen LogP contribution in [0.3, 0.4) is 0 Å². The average molecular weight is 439 g/mol. The highest BCUT2D eigenvalue weighted by Gasteiger charge is 2.30. The molecule has 4 aromatic heterocycles. The lowest BCUT2D eigenvalue weighted by Gasteiger charge is -2.33. The van der Waals surface area contributed by atoms with Crippen LogP contribution in [0.15, 0.2) is 61.1 Å². The molecule has 1 aliphatic rings. The Balaban J connectivity index is 1.65. The van der Waals surface area contributed by atoms with Gasteiger partial charge in [0.2, 0.25) is 0 Å². The third-order valence-electron chi connectivity index (χ3n) is 6.84. The summed E-state index contributed by atoms with van der Waals surface area (Å²) in [4.78, 5) is 9.44. The summed E-state index contributed by atoms with van der Waals surface area (Å²) in [5.74, 6) is 0.462. The maximum atomic E-state index is 5.72. The lowest BCUT2D eigenvalue weighted by molar-refractivity contribution is 0.0553. The molecule has 7 nitrogen and oxygen atoms in total. The van der Waals surface area contributed by atoms with Gasteiger partial charge in [0, 0.05) is 43.6 Å². The number of nitrogens with zero attached hydrogens (tertiary/aromatic N) is 6. The number of rotatable bonds is 4. The summed E-state index contributed by atoms with van der Waals surface area (Å²) in [5, 5.41) is 9.57. The van der Waals surface area contributed by atoms with E-state index in [4.69, 9.17) is 9.72 Å². The van der Waals surface area contributed by atoms with Crippen molar-refractivity contribution < 1.29 is 4.74 Å². The number of aryl methyl sites for hydroxylation is 2. The Morgan fingerprint density at radius 2 is 1.85 bits per heavy atom. The third kappa shape index (κ3) is 3.31. The van der Waals surface area contributed by atoms with E-state index >= 15 is 0 Å². The van der Waals surface area contributed by atoms with Crippen LogP contribution in [0.1, 0.15) is 30.1 Å². The zero-order valence-corrected chi connectivity index (χ0v) is 18.8. The molecule has 1 saturated heterocycles. The van der Waals surface area contributed by atoms with Gasteiger partial charge in [-0.15, -0.1) is 5.10 Å².